The molecule has 1 aliphatic carbocycles. The van der Waals surface area contributed by atoms with Gasteiger partial charge in [-0.2, -0.15) is 13.2 Å². The van der Waals surface area contributed by atoms with E-state index in [1.54, 1.807) is 11.1 Å². The summed E-state index contributed by atoms with van der Waals surface area (Å²) < 4.78 is 44.5. The number of halogens is 3. The Kier molecular flexibility index (Phi) is 7.48. The van der Waals surface area contributed by atoms with Crippen molar-refractivity contribution in [3.05, 3.63) is 48.2 Å². The zero-order chi connectivity index (χ0) is 22.7. The molecule has 2 fully saturated rings. The molecular weight excluding hydrogens is 391 g/mol. The molecule has 0 spiro atoms. The fourth-order valence-corrected chi connectivity index (χ4v) is 3.73. The van der Waals surface area contributed by atoms with Crippen LogP contribution in [0.15, 0.2) is 53.2 Å². The number of rotatable bonds is 8. The van der Waals surface area contributed by atoms with E-state index in [-0.39, 0.29) is 5.88 Å². The van der Waals surface area contributed by atoms with Gasteiger partial charge in [-0.05, 0) is 65.5 Å². The summed E-state index contributed by atoms with van der Waals surface area (Å²) in [6, 6.07) is 0. The van der Waals surface area contributed by atoms with Gasteiger partial charge in [0.1, 0.15) is 0 Å². The lowest BCUT2D eigenvalue weighted by molar-refractivity contribution is -0.257. The predicted molar refractivity (Wildman–Crippen MR) is 116 cm³/mol. The van der Waals surface area contributed by atoms with Crippen molar-refractivity contribution >= 4 is 5.71 Å². The molecule has 0 atom stereocenters. The average Bonchev–Trinajstić information content (AvgIpc) is 3.49. The first kappa shape index (κ1) is 24.1. The van der Waals surface area contributed by atoms with Crippen LogP contribution in [0.1, 0.15) is 47.5 Å². The first-order chi connectivity index (χ1) is 13.9. The Hall–Kier alpha value is -2.18. The number of ether oxygens (including phenoxy) is 1. The molecule has 1 saturated heterocycles. The zero-order valence-electron chi connectivity index (χ0n) is 18.8. The van der Waals surface area contributed by atoms with Crippen molar-refractivity contribution < 1.29 is 17.9 Å². The van der Waals surface area contributed by atoms with Crippen LogP contribution < -0.4 is 0 Å². The summed E-state index contributed by atoms with van der Waals surface area (Å²) in [6.07, 6.45) is 1.66. The number of piperazine rings is 1. The monoisotopic (exact) mass is 425 g/mol. The maximum absolute atomic E-state index is 13.1. The van der Waals surface area contributed by atoms with Gasteiger partial charge in [0.2, 0.25) is 0 Å². The van der Waals surface area contributed by atoms with Gasteiger partial charge in [0.25, 0.3) is 0 Å². The minimum Gasteiger partial charge on any atom is -0.464 e. The van der Waals surface area contributed by atoms with Crippen LogP contribution in [-0.2, 0) is 4.74 Å². The minimum atomic E-state index is -4.46. The molecule has 0 aromatic heterocycles. The minimum absolute atomic E-state index is 0.0651. The lowest BCUT2D eigenvalue weighted by Crippen LogP contribution is -2.48. The number of hydrogen-bond acceptors (Lipinski definition) is 4. The van der Waals surface area contributed by atoms with E-state index in [1.165, 1.54) is 18.4 Å². The van der Waals surface area contributed by atoms with Crippen LogP contribution in [-0.4, -0.2) is 53.5 Å². The first-order valence-corrected chi connectivity index (χ1v) is 10.4. The summed E-state index contributed by atoms with van der Waals surface area (Å²) in [5.74, 6) is 0.643. The normalized spacial score (nSPS) is 20.1. The summed E-state index contributed by atoms with van der Waals surface area (Å²) in [5, 5.41) is 0. The maximum Gasteiger partial charge on any atom is 0.427 e. The van der Waals surface area contributed by atoms with Crippen LogP contribution in [0.4, 0.5) is 13.2 Å². The second-order valence-corrected chi connectivity index (χ2v) is 8.35. The van der Waals surface area contributed by atoms with Crippen LogP contribution >= 0.6 is 0 Å². The Morgan fingerprint density at radius 1 is 1.07 bits per heavy atom. The third-order valence-corrected chi connectivity index (χ3v) is 5.79. The quantitative estimate of drug-likeness (QED) is 0.285. The number of hydrogen-bond donors (Lipinski definition) is 0. The van der Waals surface area contributed by atoms with Crippen LogP contribution in [0.3, 0.4) is 0 Å². The van der Waals surface area contributed by atoms with E-state index in [2.05, 4.69) is 43.0 Å². The largest absolute Gasteiger partial charge is 0.464 e. The molecule has 0 aromatic carbocycles. The van der Waals surface area contributed by atoms with Gasteiger partial charge >= 0.3 is 6.18 Å². The van der Waals surface area contributed by atoms with Gasteiger partial charge in [-0.3, -0.25) is 4.99 Å². The number of aliphatic imine (C=N–C) groups is 1. The second kappa shape index (κ2) is 9.31. The summed E-state index contributed by atoms with van der Waals surface area (Å²) in [7, 11) is 0. The van der Waals surface area contributed by atoms with Gasteiger partial charge < -0.3 is 14.5 Å². The van der Waals surface area contributed by atoms with Crippen LogP contribution in [0.5, 0.6) is 0 Å². The standard InChI is InChI=1S/C23H34F3N3O/c1-8-20(19-10-11-19)21(16(3)27-9-2)17(4)28-12-14-29(15-13-28)18(5)30-22(6,7)23(24,25)26/h8-9,19H,2,5,10-15H2,1,3-4,6-7H3/b20-8-,21-17-,27-16-. The van der Waals surface area contributed by atoms with Gasteiger partial charge in [-0.1, -0.05) is 12.7 Å². The van der Waals surface area contributed by atoms with Gasteiger partial charge in [-0.25, -0.2) is 0 Å². The molecule has 2 aliphatic rings. The number of allylic oxidation sites excluding steroid dienone is 4. The van der Waals surface area contributed by atoms with Crippen molar-refractivity contribution in [3.8, 4) is 0 Å². The van der Waals surface area contributed by atoms with E-state index in [4.69, 9.17) is 4.74 Å². The first-order valence-electron chi connectivity index (χ1n) is 10.4. The van der Waals surface area contributed by atoms with Crippen molar-refractivity contribution in [2.24, 2.45) is 10.9 Å². The van der Waals surface area contributed by atoms with E-state index < -0.39 is 11.8 Å². The van der Waals surface area contributed by atoms with Crippen molar-refractivity contribution in [1.82, 2.24) is 9.80 Å². The molecule has 4 nitrogen and oxygen atoms in total. The Bertz CT molecular complexity index is 750. The molecule has 0 amide bonds. The predicted octanol–water partition coefficient (Wildman–Crippen LogP) is 5.67. The highest BCUT2D eigenvalue weighted by atomic mass is 19.4. The molecule has 1 saturated carbocycles. The Morgan fingerprint density at radius 2 is 1.60 bits per heavy atom. The molecule has 168 valence electrons. The van der Waals surface area contributed by atoms with Gasteiger partial charge in [0.15, 0.2) is 11.5 Å². The SMILES string of the molecule is C=C\N=C(C)/C(C(=C\C)/C1CC1)=C(\C)N1CCN(C(=C)OC(C)(C)C(F)(F)F)CC1. The smallest absolute Gasteiger partial charge is 0.427 e. The lowest BCUT2D eigenvalue weighted by atomic mass is 9.95. The third-order valence-electron chi connectivity index (χ3n) is 5.79. The summed E-state index contributed by atoms with van der Waals surface area (Å²) in [6.45, 7) is 18.1. The molecule has 0 unspecified atom stereocenters. The van der Waals surface area contributed by atoms with Crippen LogP contribution in [0, 0.1) is 5.92 Å². The highest BCUT2D eigenvalue weighted by Gasteiger charge is 2.50. The molecule has 0 bridgehead atoms. The number of nitrogens with zero attached hydrogens (tertiary/aromatic N) is 3. The Morgan fingerprint density at radius 3 is 2.03 bits per heavy atom. The molecule has 0 radical (unpaired) electrons. The lowest BCUT2D eigenvalue weighted by Gasteiger charge is -2.41. The fraction of sp³-hybridized carbons (Fsp3) is 0.609. The average molecular weight is 426 g/mol. The molecule has 1 heterocycles. The highest BCUT2D eigenvalue weighted by molar-refractivity contribution is 6.03. The summed E-state index contributed by atoms with van der Waals surface area (Å²) >= 11 is 0. The molecule has 1 aliphatic heterocycles. The zero-order valence-corrected chi connectivity index (χ0v) is 18.8. The molecule has 2 rings (SSSR count). The van der Waals surface area contributed by atoms with Crippen molar-refractivity contribution in [3.63, 3.8) is 0 Å². The van der Waals surface area contributed by atoms with Crippen LogP contribution in [0.25, 0.3) is 0 Å². The molecule has 7 heteroatoms. The van der Waals surface area contributed by atoms with E-state index in [0.717, 1.165) is 30.8 Å². The summed E-state index contributed by atoms with van der Waals surface area (Å²) in [4.78, 5) is 8.47. The van der Waals surface area contributed by atoms with E-state index >= 15 is 0 Å². The van der Waals surface area contributed by atoms with E-state index in [0.29, 0.717) is 32.1 Å². The molecule has 0 N–H and O–H groups in total. The van der Waals surface area contributed by atoms with E-state index in [1.807, 2.05) is 6.92 Å². The van der Waals surface area contributed by atoms with Crippen LogP contribution in [0.2, 0.25) is 0 Å². The van der Waals surface area contributed by atoms with Gasteiger partial charge in [0, 0.05) is 49.4 Å². The highest BCUT2D eigenvalue weighted by Crippen LogP contribution is 2.42. The second-order valence-electron chi connectivity index (χ2n) is 8.35. The van der Waals surface area contributed by atoms with Crippen molar-refractivity contribution in [1.29, 1.82) is 0 Å². The Labute approximate surface area is 178 Å². The molecular formula is C23H34F3N3O. The van der Waals surface area contributed by atoms with Gasteiger partial charge in [0.05, 0.1) is 0 Å². The van der Waals surface area contributed by atoms with Crippen molar-refractivity contribution in [2.75, 3.05) is 26.2 Å². The molecule has 30 heavy (non-hydrogen) atoms. The fourth-order valence-electron chi connectivity index (χ4n) is 3.73. The molecule has 0 aromatic rings. The third kappa shape index (κ3) is 5.49. The Balaban J connectivity index is 2.14. The van der Waals surface area contributed by atoms with Crippen molar-refractivity contribution in [2.45, 2.75) is 59.2 Å². The van der Waals surface area contributed by atoms with Gasteiger partial charge in [-0.15, -0.1) is 0 Å². The maximum atomic E-state index is 13.1. The number of alkyl halides is 3. The van der Waals surface area contributed by atoms with E-state index in [9.17, 15) is 13.2 Å². The topological polar surface area (TPSA) is 28.1 Å². The summed E-state index contributed by atoms with van der Waals surface area (Å²) in [5.41, 5.74) is 2.27.